The van der Waals surface area contributed by atoms with Crippen LogP contribution in [0.4, 0.5) is 5.13 Å². The molecule has 1 aliphatic rings. The van der Waals surface area contributed by atoms with Gasteiger partial charge in [-0.3, -0.25) is 14.7 Å². The summed E-state index contributed by atoms with van der Waals surface area (Å²) in [6.45, 7) is 0.749. The minimum absolute atomic E-state index is 0.119. The fourth-order valence-corrected chi connectivity index (χ4v) is 7.31. The number of piperidine rings is 1. The lowest BCUT2D eigenvalue weighted by Gasteiger charge is -2.33. The van der Waals surface area contributed by atoms with Gasteiger partial charge in [-0.25, -0.2) is 13.4 Å². The Morgan fingerprint density at radius 1 is 1.13 bits per heavy atom. The molecule has 3 heterocycles. The summed E-state index contributed by atoms with van der Waals surface area (Å²) in [5, 5.41) is 1.49. The minimum Gasteiger partial charge on any atom is -0.494 e. The van der Waals surface area contributed by atoms with Gasteiger partial charge in [-0.05, 0) is 60.9 Å². The van der Waals surface area contributed by atoms with Gasteiger partial charge in [0.15, 0.2) is 5.13 Å². The molecule has 4 aromatic rings. The number of halogens is 2. The molecule has 1 amide bonds. The summed E-state index contributed by atoms with van der Waals surface area (Å²) in [5.74, 6) is 0.0839. The smallest absolute Gasteiger partial charge is 0.243 e. The van der Waals surface area contributed by atoms with Crippen LogP contribution in [-0.2, 0) is 21.4 Å². The molecule has 198 valence electrons. The van der Waals surface area contributed by atoms with Crippen molar-refractivity contribution in [3.05, 3.63) is 76.5 Å². The van der Waals surface area contributed by atoms with Crippen LogP contribution in [0, 0.1) is 5.92 Å². The van der Waals surface area contributed by atoms with Crippen LogP contribution in [0.2, 0.25) is 10.0 Å². The van der Waals surface area contributed by atoms with E-state index in [1.54, 1.807) is 48.7 Å². The fraction of sp³-hybridized carbons (Fsp3) is 0.269. The van der Waals surface area contributed by atoms with Crippen LogP contribution in [0.15, 0.2) is 65.8 Å². The van der Waals surface area contributed by atoms with E-state index in [1.165, 1.54) is 27.8 Å². The molecule has 0 saturated carbocycles. The molecule has 8 nitrogen and oxygen atoms in total. The summed E-state index contributed by atoms with van der Waals surface area (Å²) in [4.78, 5) is 24.7. The van der Waals surface area contributed by atoms with Gasteiger partial charge in [0.25, 0.3) is 0 Å². The Hall–Kier alpha value is -2.76. The Bertz CT molecular complexity index is 1560. The molecule has 0 atom stereocenters. The first kappa shape index (κ1) is 26.8. The van der Waals surface area contributed by atoms with Crippen molar-refractivity contribution in [3.8, 4) is 5.75 Å². The zero-order valence-electron chi connectivity index (χ0n) is 20.4. The Kier molecular flexibility index (Phi) is 7.88. The number of pyridine rings is 1. The molecule has 5 rings (SSSR count). The number of fused-ring (bicyclic) bond motifs is 1. The van der Waals surface area contributed by atoms with Gasteiger partial charge < -0.3 is 4.74 Å². The third-order valence-electron chi connectivity index (χ3n) is 6.48. The number of benzene rings is 2. The number of hydrogen-bond donors (Lipinski definition) is 0. The second-order valence-corrected chi connectivity index (χ2v) is 12.6. The van der Waals surface area contributed by atoms with Crippen molar-refractivity contribution in [2.45, 2.75) is 24.3 Å². The van der Waals surface area contributed by atoms with Gasteiger partial charge in [0, 0.05) is 36.4 Å². The molecule has 1 fully saturated rings. The van der Waals surface area contributed by atoms with Gasteiger partial charge in [-0.15, -0.1) is 0 Å². The molecule has 0 radical (unpaired) electrons. The Morgan fingerprint density at radius 2 is 1.87 bits per heavy atom. The van der Waals surface area contributed by atoms with Gasteiger partial charge >= 0.3 is 0 Å². The maximum atomic E-state index is 13.9. The van der Waals surface area contributed by atoms with Crippen molar-refractivity contribution in [3.63, 3.8) is 0 Å². The highest BCUT2D eigenvalue weighted by Crippen LogP contribution is 2.40. The SMILES string of the molecule is COc1ccc(Cl)c2sc(N(Cc3cccnc3)C(=O)C3CCN(S(=O)(=O)c4ccc(Cl)cc4)CC3)nc12. The number of amides is 1. The van der Waals surface area contributed by atoms with Gasteiger partial charge in [0.2, 0.25) is 15.9 Å². The first-order valence-electron chi connectivity index (χ1n) is 11.9. The number of sulfonamides is 1. The number of methoxy groups -OCH3 is 1. The number of ether oxygens (including phenoxy) is 1. The predicted molar refractivity (Wildman–Crippen MR) is 150 cm³/mol. The zero-order valence-corrected chi connectivity index (χ0v) is 23.5. The van der Waals surface area contributed by atoms with Gasteiger partial charge in [-0.2, -0.15) is 4.31 Å². The van der Waals surface area contributed by atoms with E-state index in [-0.39, 0.29) is 36.4 Å². The Labute approximate surface area is 234 Å². The van der Waals surface area contributed by atoms with Crippen LogP contribution < -0.4 is 9.64 Å². The lowest BCUT2D eigenvalue weighted by Crippen LogP contribution is -2.44. The highest BCUT2D eigenvalue weighted by atomic mass is 35.5. The summed E-state index contributed by atoms with van der Waals surface area (Å²) in [6.07, 6.45) is 4.17. The first-order valence-corrected chi connectivity index (χ1v) is 14.9. The molecule has 2 aromatic carbocycles. The van der Waals surface area contributed by atoms with Gasteiger partial charge in [-0.1, -0.05) is 40.6 Å². The molecular weight excluding hydrogens is 567 g/mol. The monoisotopic (exact) mass is 590 g/mol. The number of carbonyl (C=O) groups excluding carboxylic acids is 1. The molecule has 2 aromatic heterocycles. The van der Waals surface area contributed by atoms with Gasteiger partial charge in [0.05, 0.1) is 28.3 Å². The van der Waals surface area contributed by atoms with Crippen molar-refractivity contribution in [1.29, 1.82) is 0 Å². The highest BCUT2D eigenvalue weighted by molar-refractivity contribution is 7.89. The van der Waals surface area contributed by atoms with Crippen molar-refractivity contribution in [1.82, 2.24) is 14.3 Å². The fourth-order valence-electron chi connectivity index (χ4n) is 4.45. The molecule has 0 N–H and O–H groups in total. The van der Waals surface area contributed by atoms with Crippen LogP contribution in [0.25, 0.3) is 10.2 Å². The molecule has 38 heavy (non-hydrogen) atoms. The summed E-state index contributed by atoms with van der Waals surface area (Å²) < 4.78 is 33.8. The van der Waals surface area contributed by atoms with Crippen LogP contribution in [0.1, 0.15) is 18.4 Å². The average molecular weight is 592 g/mol. The van der Waals surface area contributed by atoms with Gasteiger partial charge in [0.1, 0.15) is 11.3 Å². The van der Waals surface area contributed by atoms with E-state index in [0.29, 0.717) is 39.3 Å². The maximum absolute atomic E-state index is 13.9. The van der Waals surface area contributed by atoms with E-state index >= 15 is 0 Å². The number of nitrogens with zero attached hydrogens (tertiary/aromatic N) is 4. The molecule has 0 spiro atoms. The summed E-state index contributed by atoms with van der Waals surface area (Å²) >= 11 is 13.7. The normalized spacial score (nSPS) is 15.0. The lowest BCUT2D eigenvalue weighted by molar-refractivity contribution is -0.123. The Morgan fingerprint density at radius 3 is 2.53 bits per heavy atom. The topological polar surface area (TPSA) is 92.7 Å². The van der Waals surface area contributed by atoms with Crippen LogP contribution >= 0.6 is 34.5 Å². The standard InChI is InChI=1S/C26H24Cl2N4O4S2/c1-36-22-9-8-21(28)24-23(22)30-26(37-24)32(16-17-3-2-12-29-15-17)25(33)18-10-13-31(14-11-18)38(34,35)20-6-4-19(27)5-7-20/h2-9,12,15,18H,10-11,13-14,16H2,1H3. The number of carbonyl (C=O) groups is 1. The Balaban J connectivity index is 1.40. The van der Waals surface area contributed by atoms with E-state index in [4.69, 9.17) is 32.9 Å². The van der Waals surface area contributed by atoms with Crippen molar-refractivity contribution < 1.29 is 17.9 Å². The number of anilines is 1. The molecular formula is C26H24Cl2N4O4S2. The maximum Gasteiger partial charge on any atom is 0.243 e. The third kappa shape index (κ3) is 5.37. The van der Waals surface area contributed by atoms with Crippen molar-refractivity contribution >= 4 is 65.8 Å². The molecule has 1 saturated heterocycles. The number of rotatable bonds is 7. The number of thiazole rings is 1. The molecule has 0 unspecified atom stereocenters. The van der Waals surface area contributed by atoms with Crippen LogP contribution in [0.5, 0.6) is 5.75 Å². The van der Waals surface area contributed by atoms with E-state index in [9.17, 15) is 13.2 Å². The first-order chi connectivity index (χ1) is 18.3. The second kappa shape index (κ2) is 11.2. The third-order valence-corrected chi connectivity index (χ3v) is 10.2. The van der Waals surface area contributed by atoms with E-state index in [2.05, 4.69) is 4.98 Å². The molecule has 0 bridgehead atoms. The summed E-state index contributed by atoms with van der Waals surface area (Å²) in [6, 6.07) is 13.3. The second-order valence-electron chi connectivity index (χ2n) is 8.84. The summed E-state index contributed by atoms with van der Waals surface area (Å²) in [7, 11) is -2.11. The molecule has 0 aliphatic carbocycles. The lowest BCUT2D eigenvalue weighted by atomic mass is 9.96. The highest BCUT2D eigenvalue weighted by Gasteiger charge is 2.35. The minimum atomic E-state index is -3.68. The summed E-state index contributed by atoms with van der Waals surface area (Å²) in [5.41, 5.74) is 1.44. The van der Waals surface area contributed by atoms with E-state index < -0.39 is 10.0 Å². The average Bonchev–Trinajstić information content (AvgIpc) is 3.39. The van der Waals surface area contributed by atoms with E-state index in [1.807, 2.05) is 12.1 Å². The number of aromatic nitrogens is 2. The quantitative estimate of drug-likeness (QED) is 0.276. The molecule has 1 aliphatic heterocycles. The largest absolute Gasteiger partial charge is 0.494 e. The van der Waals surface area contributed by atoms with Crippen molar-refractivity contribution in [2.75, 3.05) is 25.1 Å². The zero-order chi connectivity index (χ0) is 26.9. The van der Waals surface area contributed by atoms with Crippen LogP contribution in [0.3, 0.4) is 0 Å². The van der Waals surface area contributed by atoms with Crippen LogP contribution in [-0.4, -0.2) is 48.8 Å². The van der Waals surface area contributed by atoms with Crippen molar-refractivity contribution in [2.24, 2.45) is 5.92 Å². The number of hydrogen-bond acceptors (Lipinski definition) is 7. The predicted octanol–water partition coefficient (Wildman–Crippen LogP) is 5.64. The van der Waals surface area contributed by atoms with E-state index in [0.717, 1.165) is 10.3 Å². The molecule has 12 heteroatoms.